The first-order chi connectivity index (χ1) is 3.15. The molecule has 0 aromatic carbocycles. The Balaban J connectivity index is 0. The van der Waals surface area contributed by atoms with Gasteiger partial charge in [-0.25, -0.2) is 0 Å². The van der Waals surface area contributed by atoms with Gasteiger partial charge in [0.05, 0.1) is 0 Å². The van der Waals surface area contributed by atoms with E-state index < -0.39 is 8.25 Å². The average molecular weight is 126 g/mol. The van der Waals surface area contributed by atoms with Crippen LogP contribution in [0.3, 0.4) is 0 Å². The van der Waals surface area contributed by atoms with Crippen molar-refractivity contribution < 1.29 is 19.1 Å². The molecule has 0 aliphatic rings. The molecule has 0 aliphatic carbocycles. The summed E-state index contributed by atoms with van der Waals surface area (Å²) in [7, 11) is -2.87. The van der Waals surface area contributed by atoms with Gasteiger partial charge in [-0.15, -0.1) is 9.79 Å². The van der Waals surface area contributed by atoms with Gasteiger partial charge in [-0.05, 0) is 0 Å². The molecule has 7 heavy (non-hydrogen) atoms. The highest BCUT2D eigenvalue weighted by Crippen LogP contribution is 1.98. The number of hydrogen-bond acceptors (Lipinski definition) is 2. The molecule has 1 amide bonds. The molecular formula is CH5NO4P+. The number of hydrogen-bond donors (Lipinski definition) is 3. The van der Waals surface area contributed by atoms with Crippen LogP contribution in [0.25, 0.3) is 0 Å². The van der Waals surface area contributed by atoms with Crippen molar-refractivity contribution in [3.63, 3.8) is 0 Å². The number of primary amides is 1. The monoisotopic (exact) mass is 126 g/mol. The van der Waals surface area contributed by atoms with E-state index in [0.29, 0.717) is 0 Å². The molecule has 4 N–H and O–H groups in total. The zero-order valence-electron chi connectivity index (χ0n) is 3.31. The Morgan fingerprint density at radius 2 is 1.57 bits per heavy atom. The third-order valence-corrected chi connectivity index (χ3v) is 0. The number of amides is 1. The molecule has 0 saturated carbocycles. The maximum absolute atomic E-state index is 8.70. The average Bonchev–Trinajstić information content (AvgIpc) is 1.33. The Hall–Kier alpha value is -0.510. The molecule has 0 aromatic rings. The van der Waals surface area contributed by atoms with E-state index in [2.05, 4.69) is 5.73 Å². The molecule has 0 saturated heterocycles. The molecular weight excluding hydrogens is 121 g/mol. The van der Waals surface area contributed by atoms with E-state index >= 15 is 0 Å². The van der Waals surface area contributed by atoms with Crippen molar-refractivity contribution in [2.45, 2.75) is 0 Å². The van der Waals surface area contributed by atoms with Crippen LogP contribution < -0.4 is 5.73 Å². The predicted molar refractivity (Wildman–Crippen MR) is 22.3 cm³/mol. The standard InChI is InChI=1S/CH3NO.HO3P/c2-1-3;1-4(2)3/h1H,(H2,2,3);(H-,1,2,3)/p+1. The second-order valence-corrected chi connectivity index (χ2v) is 0.894. The minimum absolute atomic E-state index is 0.250. The molecule has 0 spiro atoms. The van der Waals surface area contributed by atoms with Crippen molar-refractivity contribution in [1.29, 1.82) is 0 Å². The Bertz CT molecular complexity index is 58.7. The number of nitrogens with two attached hydrogens (primary N) is 1. The van der Waals surface area contributed by atoms with E-state index in [0.717, 1.165) is 0 Å². The molecule has 6 heteroatoms. The Labute approximate surface area is 40.7 Å². The Morgan fingerprint density at radius 1 is 1.57 bits per heavy atom. The van der Waals surface area contributed by atoms with Crippen LogP contribution in [-0.2, 0) is 9.36 Å². The van der Waals surface area contributed by atoms with Crippen LogP contribution in [0.1, 0.15) is 0 Å². The predicted octanol–water partition coefficient (Wildman–Crippen LogP) is -1.27. The Morgan fingerprint density at radius 3 is 1.57 bits per heavy atom. The smallest absolute Gasteiger partial charge is 0.372 e. The van der Waals surface area contributed by atoms with Crippen LogP contribution in [0.4, 0.5) is 0 Å². The fourth-order valence-corrected chi connectivity index (χ4v) is 0. The van der Waals surface area contributed by atoms with Crippen LogP contribution in [0.2, 0.25) is 0 Å². The van der Waals surface area contributed by atoms with E-state index in [1.807, 2.05) is 0 Å². The first kappa shape index (κ1) is 9.70. The summed E-state index contributed by atoms with van der Waals surface area (Å²) in [6.07, 6.45) is 0.250. The molecule has 0 radical (unpaired) electrons. The van der Waals surface area contributed by atoms with Crippen LogP contribution in [0.5, 0.6) is 0 Å². The summed E-state index contributed by atoms with van der Waals surface area (Å²) in [6.45, 7) is 0. The maximum atomic E-state index is 8.70. The molecule has 0 aliphatic heterocycles. The molecule has 0 atom stereocenters. The van der Waals surface area contributed by atoms with Crippen LogP contribution in [-0.4, -0.2) is 16.2 Å². The fourth-order valence-electron chi connectivity index (χ4n) is 0. The van der Waals surface area contributed by atoms with Gasteiger partial charge in [-0.2, -0.15) is 0 Å². The third-order valence-electron chi connectivity index (χ3n) is 0. The minimum atomic E-state index is -2.87. The zero-order chi connectivity index (χ0) is 6.28. The van der Waals surface area contributed by atoms with Crippen molar-refractivity contribution in [2.75, 3.05) is 0 Å². The van der Waals surface area contributed by atoms with Crippen molar-refractivity contribution in [2.24, 2.45) is 5.73 Å². The highest BCUT2D eigenvalue weighted by Gasteiger charge is 1.93. The largest absolute Gasteiger partial charge is 0.692 e. The van der Waals surface area contributed by atoms with Gasteiger partial charge < -0.3 is 5.73 Å². The molecule has 5 nitrogen and oxygen atoms in total. The first-order valence-corrected chi connectivity index (χ1v) is 2.32. The third kappa shape index (κ3) is 257. The molecule has 0 heterocycles. The highest BCUT2D eigenvalue weighted by atomic mass is 31.1. The molecule has 0 aromatic heterocycles. The summed E-state index contributed by atoms with van der Waals surface area (Å²) in [5.74, 6) is 0. The van der Waals surface area contributed by atoms with Gasteiger partial charge in [0.15, 0.2) is 0 Å². The summed E-state index contributed by atoms with van der Waals surface area (Å²) in [5, 5.41) is 0. The number of carbonyl (C=O) groups excluding carboxylic acids is 1. The van der Waals surface area contributed by atoms with Gasteiger partial charge in [-0.1, -0.05) is 0 Å². The summed E-state index contributed by atoms with van der Waals surface area (Å²) < 4.78 is 8.70. The van der Waals surface area contributed by atoms with Crippen molar-refractivity contribution >= 4 is 14.7 Å². The van der Waals surface area contributed by atoms with Crippen LogP contribution in [0, 0.1) is 0 Å². The van der Waals surface area contributed by atoms with Gasteiger partial charge in [0.1, 0.15) is 0 Å². The fraction of sp³-hybridized carbons (Fsp3) is 0. The SMILES string of the molecule is NC=O.O=[P+](O)O. The quantitative estimate of drug-likeness (QED) is 0.278. The topological polar surface area (TPSA) is 101 Å². The summed E-state index contributed by atoms with van der Waals surface area (Å²) in [6, 6.07) is 0. The molecule has 42 valence electrons. The summed E-state index contributed by atoms with van der Waals surface area (Å²) in [5.41, 5.74) is 4.17. The highest BCUT2D eigenvalue weighted by molar-refractivity contribution is 7.30. The second-order valence-electron chi connectivity index (χ2n) is 0.389. The van der Waals surface area contributed by atoms with Gasteiger partial charge in [0, 0.05) is 4.57 Å². The zero-order valence-corrected chi connectivity index (χ0v) is 4.21. The van der Waals surface area contributed by atoms with Gasteiger partial charge in [0.2, 0.25) is 6.41 Å². The lowest BCUT2D eigenvalue weighted by Gasteiger charge is -1.34. The summed E-state index contributed by atoms with van der Waals surface area (Å²) >= 11 is 0. The van der Waals surface area contributed by atoms with Gasteiger partial charge in [-0.3, -0.25) is 4.79 Å². The van der Waals surface area contributed by atoms with Crippen molar-refractivity contribution in [3.05, 3.63) is 0 Å². The lowest BCUT2D eigenvalue weighted by atomic mass is 11.5. The lowest BCUT2D eigenvalue weighted by Crippen LogP contribution is -1.82. The maximum Gasteiger partial charge on any atom is 0.692 e. The number of carbonyl (C=O) groups is 1. The van der Waals surface area contributed by atoms with Crippen molar-refractivity contribution in [3.8, 4) is 0 Å². The van der Waals surface area contributed by atoms with Crippen molar-refractivity contribution in [1.82, 2.24) is 0 Å². The van der Waals surface area contributed by atoms with E-state index in [1.165, 1.54) is 0 Å². The molecule has 0 bridgehead atoms. The Kier molecular flexibility index (Phi) is 12.6. The van der Waals surface area contributed by atoms with Crippen LogP contribution in [0.15, 0.2) is 0 Å². The summed E-state index contributed by atoms with van der Waals surface area (Å²) in [4.78, 5) is 22.8. The normalized spacial score (nSPS) is 5.43. The second kappa shape index (κ2) is 9.09. The van der Waals surface area contributed by atoms with Gasteiger partial charge in [0.25, 0.3) is 0 Å². The van der Waals surface area contributed by atoms with E-state index in [9.17, 15) is 0 Å². The molecule has 0 fully saturated rings. The minimum Gasteiger partial charge on any atom is -0.372 e. The number of rotatable bonds is 0. The molecule has 0 rings (SSSR count). The van der Waals surface area contributed by atoms with Gasteiger partial charge >= 0.3 is 8.25 Å². The first-order valence-electron chi connectivity index (χ1n) is 1.15. The van der Waals surface area contributed by atoms with Crippen LogP contribution >= 0.6 is 8.25 Å². The lowest BCUT2D eigenvalue weighted by molar-refractivity contribution is -0.106. The van der Waals surface area contributed by atoms with E-state index in [4.69, 9.17) is 19.1 Å². The van der Waals surface area contributed by atoms with E-state index in [-0.39, 0.29) is 6.41 Å². The molecule has 0 unspecified atom stereocenters. The van der Waals surface area contributed by atoms with E-state index in [1.54, 1.807) is 0 Å².